The summed E-state index contributed by atoms with van der Waals surface area (Å²) in [7, 11) is 0. The lowest BCUT2D eigenvalue weighted by Crippen LogP contribution is -2.07. The van der Waals surface area contributed by atoms with Crippen LogP contribution in [0.25, 0.3) is 11.3 Å². The van der Waals surface area contributed by atoms with Gasteiger partial charge in [0.1, 0.15) is 5.69 Å². The maximum Gasteiger partial charge on any atom is 0.433 e. The summed E-state index contributed by atoms with van der Waals surface area (Å²) in [6.45, 7) is 7.16. The Morgan fingerprint density at radius 1 is 1.25 bits per heavy atom. The molecule has 2 aromatic rings. The maximum absolute atomic E-state index is 12.6. The van der Waals surface area contributed by atoms with E-state index < -0.39 is 11.9 Å². The lowest BCUT2D eigenvalue weighted by Gasteiger charge is -2.06. The van der Waals surface area contributed by atoms with Gasteiger partial charge in [0.25, 0.3) is 0 Å². The molecule has 4 nitrogen and oxygen atoms in total. The largest absolute Gasteiger partial charge is 0.433 e. The summed E-state index contributed by atoms with van der Waals surface area (Å²) in [6.07, 6.45) is -2.59. The molecule has 3 rings (SSSR count). The zero-order chi connectivity index (χ0) is 17.9. The third kappa shape index (κ3) is 4.37. The Morgan fingerprint density at radius 3 is 2.50 bits per heavy atom. The molecule has 1 aliphatic rings. The van der Waals surface area contributed by atoms with E-state index in [-0.39, 0.29) is 0 Å². The predicted octanol–water partition coefficient (Wildman–Crippen LogP) is 4.66. The Balaban J connectivity index is 0.000000471. The van der Waals surface area contributed by atoms with Gasteiger partial charge in [-0.1, -0.05) is 20.8 Å². The lowest BCUT2D eigenvalue weighted by atomic mass is 10.1. The smallest absolute Gasteiger partial charge is 0.263 e. The number of nitrogens with zero attached hydrogens (tertiary/aromatic N) is 4. The standard InChI is InChI=1S/C12H9F3N4S.C4H10/c13-12(14,15)11-5-7(1-3-16-11)9-6-10-8(18-20)2-4-19(10)17-9;1-4(2)3/h1,3,5-6,20H,2,4H2;4H,1-3H3/b18-8+;. The van der Waals surface area contributed by atoms with Crippen molar-refractivity contribution in [3.8, 4) is 11.3 Å². The highest BCUT2D eigenvalue weighted by atomic mass is 32.1. The predicted molar refractivity (Wildman–Crippen MR) is 91.1 cm³/mol. The SMILES string of the molecule is CC(C)C.FC(F)(F)c1cc(-c2cc3n(n2)CC/C3=N\S)ccn1. The highest BCUT2D eigenvalue weighted by molar-refractivity contribution is 7.79. The third-order valence-electron chi connectivity index (χ3n) is 3.10. The molecule has 0 spiro atoms. The Labute approximate surface area is 144 Å². The minimum atomic E-state index is -4.46. The second-order valence-corrected chi connectivity index (χ2v) is 6.29. The quantitative estimate of drug-likeness (QED) is 0.755. The van der Waals surface area contributed by atoms with Gasteiger partial charge in [-0.2, -0.15) is 18.3 Å². The number of aryl methyl sites for hydroxylation is 1. The van der Waals surface area contributed by atoms with Gasteiger partial charge in [0.05, 0.1) is 17.1 Å². The summed E-state index contributed by atoms with van der Waals surface area (Å²) >= 11 is 3.88. The molecular formula is C16H19F3N4S. The maximum atomic E-state index is 12.6. The van der Waals surface area contributed by atoms with Gasteiger partial charge in [0, 0.05) is 24.7 Å². The monoisotopic (exact) mass is 356 g/mol. The van der Waals surface area contributed by atoms with E-state index in [1.165, 1.54) is 6.07 Å². The van der Waals surface area contributed by atoms with E-state index in [9.17, 15) is 13.2 Å². The van der Waals surface area contributed by atoms with Crippen molar-refractivity contribution >= 4 is 18.5 Å². The average molecular weight is 356 g/mol. The number of halogens is 3. The minimum Gasteiger partial charge on any atom is -0.263 e. The molecule has 0 amide bonds. The summed E-state index contributed by atoms with van der Waals surface area (Å²) in [5.41, 5.74) is 1.51. The molecule has 0 N–H and O–H groups in total. The fourth-order valence-corrected chi connectivity index (χ4v) is 2.35. The topological polar surface area (TPSA) is 43.1 Å². The highest BCUT2D eigenvalue weighted by Crippen LogP contribution is 2.31. The van der Waals surface area contributed by atoms with Crippen LogP contribution in [0.5, 0.6) is 0 Å². The second-order valence-electron chi connectivity index (χ2n) is 6.09. The van der Waals surface area contributed by atoms with Crippen molar-refractivity contribution in [2.45, 2.75) is 39.9 Å². The molecule has 0 saturated heterocycles. The van der Waals surface area contributed by atoms with Crippen LogP contribution < -0.4 is 0 Å². The van der Waals surface area contributed by atoms with E-state index in [1.807, 2.05) is 0 Å². The van der Waals surface area contributed by atoms with Gasteiger partial charge in [0.15, 0.2) is 0 Å². The molecule has 0 fully saturated rings. The van der Waals surface area contributed by atoms with Gasteiger partial charge in [0.2, 0.25) is 0 Å². The Kier molecular flexibility index (Phi) is 5.69. The van der Waals surface area contributed by atoms with Crippen molar-refractivity contribution in [1.82, 2.24) is 14.8 Å². The van der Waals surface area contributed by atoms with Gasteiger partial charge in [-0.15, -0.1) is 0 Å². The Bertz CT molecular complexity index is 732. The average Bonchev–Trinajstić information content (AvgIpc) is 3.05. The lowest BCUT2D eigenvalue weighted by molar-refractivity contribution is -0.141. The fourth-order valence-electron chi connectivity index (χ4n) is 2.15. The Hall–Kier alpha value is -1.83. The minimum absolute atomic E-state index is 0.382. The first-order valence-electron chi connectivity index (χ1n) is 7.55. The van der Waals surface area contributed by atoms with Crippen molar-refractivity contribution in [2.24, 2.45) is 10.3 Å². The van der Waals surface area contributed by atoms with Crippen LogP contribution in [0, 0.1) is 5.92 Å². The van der Waals surface area contributed by atoms with Crippen LogP contribution in [0.2, 0.25) is 0 Å². The van der Waals surface area contributed by atoms with Crippen LogP contribution >= 0.6 is 12.8 Å². The summed E-state index contributed by atoms with van der Waals surface area (Å²) in [5, 5.41) is 4.29. The van der Waals surface area contributed by atoms with E-state index in [0.29, 0.717) is 17.8 Å². The molecule has 3 heterocycles. The van der Waals surface area contributed by atoms with Gasteiger partial charge in [-0.3, -0.25) is 9.67 Å². The number of pyridine rings is 1. The molecule has 0 atom stereocenters. The van der Waals surface area contributed by atoms with Gasteiger partial charge < -0.3 is 0 Å². The summed E-state index contributed by atoms with van der Waals surface area (Å²) < 4.78 is 43.5. The van der Waals surface area contributed by atoms with E-state index in [0.717, 1.165) is 36.0 Å². The molecule has 0 aromatic carbocycles. The number of rotatable bonds is 1. The first-order chi connectivity index (χ1) is 11.2. The molecule has 0 radical (unpaired) electrons. The molecular weight excluding hydrogens is 337 g/mol. The number of aromatic nitrogens is 3. The van der Waals surface area contributed by atoms with Crippen molar-refractivity contribution in [1.29, 1.82) is 0 Å². The number of thiol groups is 1. The zero-order valence-electron chi connectivity index (χ0n) is 13.7. The number of alkyl halides is 3. The van der Waals surface area contributed by atoms with E-state index in [4.69, 9.17) is 0 Å². The Morgan fingerprint density at radius 2 is 1.92 bits per heavy atom. The van der Waals surface area contributed by atoms with E-state index in [2.05, 4.69) is 48.1 Å². The van der Waals surface area contributed by atoms with Crippen LogP contribution in [0.3, 0.4) is 0 Å². The number of hydrogen-bond donors (Lipinski definition) is 1. The second kappa shape index (κ2) is 7.38. The van der Waals surface area contributed by atoms with Crippen molar-refractivity contribution in [3.05, 3.63) is 35.8 Å². The summed E-state index contributed by atoms with van der Waals surface area (Å²) in [5.74, 6) is 0.833. The molecule has 24 heavy (non-hydrogen) atoms. The van der Waals surface area contributed by atoms with Gasteiger partial charge >= 0.3 is 6.18 Å². The number of hydrogen-bond acceptors (Lipinski definition) is 4. The third-order valence-corrected chi connectivity index (χ3v) is 3.34. The fraction of sp³-hybridized carbons (Fsp3) is 0.438. The molecule has 2 aromatic heterocycles. The summed E-state index contributed by atoms with van der Waals surface area (Å²) in [4.78, 5) is 3.34. The van der Waals surface area contributed by atoms with Crippen molar-refractivity contribution in [3.63, 3.8) is 0 Å². The van der Waals surface area contributed by atoms with Crippen molar-refractivity contribution in [2.75, 3.05) is 0 Å². The van der Waals surface area contributed by atoms with E-state index >= 15 is 0 Å². The van der Waals surface area contributed by atoms with Crippen LogP contribution in [0.15, 0.2) is 28.8 Å². The van der Waals surface area contributed by atoms with Gasteiger partial charge in [-0.25, -0.2) is 4.40 Å². The van der Waals surface area contributed by atoms with Crippen molar-refractivity contribution < 1.29 is 13.2 Å². The van der Waals surface area contributed by atoms with Gasteiger partial charge in [-0.05, 0) is 36.9 Å². The van der Waals surface area contributed by atoms with Crippen LogP contribution in [0.4, 0.5) is 13.2 Å². The normalized spacial score (nSPS) is 15.4. The molecule has 130 valence electrons. The molecule has 8 heteroatoms. The van der Waals surface area contributed by atoms with E-state index in [1.54, 1.807) is 10.7 Å². The zero-order valence-corrected chi connectivity index (χ0v) is 14.6. The van der Waals surface area contributed by atoms with Crippen LogP contribution in [-0.2, 0) is 12.7 Å². The summed E-state index contributed by atoms with van der Waals surface area (Å²) in [6, 6.07) is 4.22. The molecule has 1 aliphatic heterocycles. The molecule has 0 bridgehead atoms. The van der Waals surface area contributed by atoms with Crippen LogP contribution in [0.1, 0.15) is 38.6 Å². The molecule has 0 saturated carbocycles. The first kappa shape index (κ1) is 18.5. The molecule has 0 unspecified atom stereocenters. The molecule has 0 aliphatic carbocycles. The number of fused-ring (bicyclic) bond motifs is 1. The van der Waals surface area contributed by atoms with Crippen LogP contribution in [-0.4, -0.2) is 20.5 Å². The first-order valence-corrected chi connectivity index (χ1v) is 7.95. The highest BCUT2D eigenvalue weighted by Gasteiger charge is 2.32.